The fraction of sp³-hybridized carbons (Fsp3) is 0.167. The smallest absolute Gasteiger partial charge is 0.200 e. The number of aliphatic hydroxyl groups is 1. The van der Waals surface area contributed by atoms with Gasteiger partial charge < -0.3 is 15.3 Å². The van der Waals surface area contributed by atoms with Gasteiger partial charge in [-0.25, -0.2) is 14.6 Å². The van der Waals surface area contributed by atoms with E-state index in [4.69, 9.17) is 10.2 Å². The van der Waals surface area contributed by atoms with Crippen LogP contribution >= 0.6 is 0 Å². The van der Waals surface area contributed by atoms with E-state index in [1.165, 1.54) is 6.33 Å². The first-order valence-electron chi connectivity index (χ1n) is 10.3. The van der Waals surface area contributed by atoms with Gasteiger partial charge in [-0.2, -0.15) is 5.10 Å². The van der Waals surface area contributed by atoms with Crippen LogP contribution in [0.2, 0.25) is 0 Å². The molecule has 3 aromatic heterocycles. The summed E-state index contributed by atoms with van der Waals surface area (Å²) in [4.78, 5) is 21.9. The van der Waals surface area contributed by atoms with Crippen molar-refractivity contribution in [2.75, 3.05) is 12.3 Å². The normalized spacial score (nSPS) is 11.4. The van der Waals surface area contributed by atoms with Crippen molar-refractivity contribution in [1.29, 1.82) is 0 Å². The van der Waals surface area contributed by atoms with Crippen molar-refractivity contribution in [3.05, 3.63) is 82.6 Å². The van der Waals surface area contributed by atoms with Gasteiger partial charge in [-0.3, -0.25) is 4.79 Å². The van der Waals surface area contributed by atoms with E-state index in [1.807, 2.05) is 42.5 Å². The third-order valence-corrected chi connectivity index (χ3v) is 5.43. The van der Waals surface area contributed by atoms with Crippen LogP contribution < -0.4 is 11.2 Å². The number of hydrogen-bond acceptors (Lipinski definition) is 7. The van der Waals surface area contributed by atoms with Crippen LogP contribution in [-0.4, -0.2) is 31.5 Å². The lowest BCUT2D eigenvalue weighted by atomic mass is 10.0. The Labute approximate surface area is 183 Å². The van der Waals surface area contributed by atoms with Gasteiger partial charge in [-0.1, -0.05) is 42.5 Å². The summed E-state index contributed by atoms with van der Waals surface area (Å²) < 4.78 is 7.91. The molecule has 0 radical (unpaired) electrons. The van der Waals surface area contributed by atoms with Gasteiger partial charge in [0.2, 0.25) is 5.43 Å². The molecule has 0 saturated carbocycles. The molecule has 0 amide bonds. The molecule has 8 nitrogen and oxygen atoms in total. The molecule has 0 aliphatic carbocycles. The van der Waals surface area contributed by atoms with E-state index in [1.54, 1.807) is 16.8 Å². The van der Waals surface area contributed by atoms with Crippen molar-refractivity contribution < 1.29 is 9.52 Å². The molecular formula is C24H21N5O3. The molecule has 5 rings (SSSR count). The van der Waals surface area contributed by atoms with Gasteiger partial charge in [0, 0.05) is 6.61 Å². The number of para-hydroxylation sites is 1. The molecule has 0 atom stereocenters. The third kappa shape index (κ3) is 3.40. The van der Waals surface area contributed by atoms with Crippen molar-refractivity contribution in [1.82, 2.24) is 19.7 Å². The monoisotopic (exact) mass is 427 g/mol. The highest BCUT2D eigenvalue weighted by Crippen LogP contribution is 2.28. The van der Waals surface area contributed by atoms with E-state index in [9.17, 15) is 9.90 Å². The second-order valence-electron chi connectivity index (χ2n) is 7.48. The SMILES string of the molecule is Nc1ncnc2c1c(CCCO)nn2Cc1oc2ccccc2c(=O)c1-c1ccccc1. The number of benzene rings is 2. The molecule has 0 spiro atoms. The lowest BCUT2D eigenvalue weighted by Crippen LogP contribution is -2.13. The lowest BCUT2D eigenvalue weighted by molar-refractivity contribution is 0.288. The highest BCUT2D eigenvalue weighted by atomic mass is 16.3. The predicted octanol–water partition coefficient (Wildman–Crippen LogP) is 3.16. The largest absolute Gasteiger partial charge is 0.458 e. The summed E-state index contributed by atoms with van der Waals surface area (Å²) >= 11 is 0. The molecule has 5 aromatic rings. The van der Waals surface area contributed by atoms with Crippen molar-refractivity contribution >= 4 is 27.8 Å². The Hall–Kier alpha value is -4.04. The molecule has 0 saturated heterocycles. The summed E-state index contributed by atoms with van der Waals surface area (Å²) in [5, 5.41) is 15.1. The average Bonchev–Trinajstić information content (AvgIpc) is 3.17. The zero-order chi connectivity index (χ0) is 22.1. The van der Waals surface area contributed by atoms with Crippen LogP contribution in [0.15, 0.2) is 70.1 Å². The van der Waals surface area contributed by atoms with Crippen LogP contribution in [0.5, 0.6) is 0 Å². The minimum absolute atomic E-state index is 0.0413. The van der Waals surface area contributed by atoms with Crippen LogP contribution in [0.1, 0.15) is 17.9 Å². The Balaban J connectivity index is 1.72. The van der Waals surface area contributed by atoms with Crippen molar-refractivity contribution in [3.63, 3.8) is 0 Å². The fourth-order valence-corrected chi connectivity index (χ4v) is 3.97. The van der Waals surface area contributed by atoms with Gasteiger partial charge in [0.25, 0.3) is 0 Å². The number of anilines is 1. The Kier molecular flexibility index (Phi) is 5.12. The molecule has 3 heterocycles. The van der Waals surface area contributed by atoms with E-state index >= 15 is 0 Å². The van der Waals surface area contributed by atoms with Gasteiger partial charge in [0.15, 0.2) is 5.65 Å². The zero-order valence-electron chi connectivity index (χ0n) is 17.2. The second kappa shape index (κ2) is 8.24. The molecule has 3 N–H and O–H groups in total. The highest BCUT2D eigenvalue weighted by molar-refractivity contribution is 5.88. The van der Waals surface area contributed by atoms with E-state index in [0.29, 0.717) is 57.7 Å². The molecule has 0 aliphatic heterocycles. The van der Waals surface area contributed by atoms with Gasteiger partial charge in [0.1, 0.15) is 30.0 Å². The first kappa shape index (κ1) is 19.9. The number of hydrogen-bond donors (Lipinski definition) is 2. The third-order valence-electron chi connectivity index (χ3n) is 5.43. The van der Waals surface area contributed by atoms with E-state index in [-0.39, 0.29) is 18.6 Å². The van der Waals surface area contributed by atoms with Gasteiger partial charge in [0.05, 0.1) is 22.0 Å². The molecule has 0 unspecified atom stereocenters. The van der Waals surface area contributed by atoms with Gasteiger partial charge in [-0.15, -0.1) is 0 Å². The van der Waals surface area contributed by atoms with Crippen molar-refractivity contribution in [2.45, 2.75) is 19.4 Å². The minimum Gasteiger partial charge on any atom is -0.458 e. The van der Waals surface area contributed by atoms with Crippen LogP contribution in [0, 0.1) is 0 Å². The first-order valence-corrected chi connectivity index (χ1v) is 10.3. The summed E-state index contributed by atoms with van der Waals surface area (Å²) in [5.41, 5.74) is 9.05. The second-order valence-corrected chi connectivity index (χ2v) is 7.48. The van der Waals surface area contributed by atoms with Crippen LogP contribution in [0.3, 0.4) is 0 Å². The summed E-state index contributed by atoms with van der Waals surface area (Å²) in [7, 11) is 0. The summed E-state index contributed by atoms with van der Waals surface area (Å²) in [6.45, 7) is 0.232. The molecule has 160 valence electrons. The molecule has 0 aliphatic rings. The Morgan fingerprint density at radius 2 is 1.81 bits per heavy atom. The predicted molar refractivity (Wildman–Crippen MR) is 122 cm³/mol. The molecule has 32 heavy (non-hydrogen) atoms. The Bertz CT molecular complexity index is 1470. The van der Waals surface area contributed by atoms with Gasteiger partial charge >= 0.3 is 0 Å². The molecular weight excluding hydrogens is 406 g/mol. The highest BCUT2D eigenvalue weighted by Gasteiger charge is 2.20. The summed E-state index contributed by atoms with van der Waals surface area (Å²) in [6.07, 6.45) is 2.46. The number of nitrogen functional groups attached to an aromatic ring is 1. The maximum atomic E-state index is 13.4. The van der Waals surface area contributed by atoms with Crippen LogP contribution in [0.25, 0.3) is 33.1 Å². The molecule has 0 bridgehead atoms. The number of nitrogens with two attached hydrogens (primary N) is 1. The van der Waals surface area contributed by atoms with Crippen LogP contribution in [-0.2, 0) is 13.0 Å². The maximum absolute atomic E-state index is 13.4. The van der Waals surface area contributed by atoms with Crippen molar-refractivity contribution in [3.8, 4) is 11.1 Å². The number of nitrogens with zero attached hydrogens (tertiary/aromatic N) is 4. The zero-order valence-corrected chi connectivity index (χ0v) is 17.2. The molecule has 0 fully saturated rings. The number of rotatable bonds is 6. The number of fused-ring (bicyclic) bond motifs is 2. The number of aromatic nitrogens is 4. The van der Waals surface area contributed by atoms with Crippen molar-refractivity contribution in [2.24, 2.45) is 0 Å². The molecule has 8 heteroatoms. The first-order chi connectivity index (χ1) is 15.7. The quantitative estimate of drug-likeness (QED) is 0.427. The number of aliphatic hydroxyl groups excluding tert-OH is 1. The lowest BCUT2D eigenvalue weighted by Gasteiger charge is -2.11. The number of aryl methyl sites for hydroxylation is 1. The maximum Gasteiger partial charge on any atom is 0.200 e. The van der Waals surface area contributed by atoms with E-state index in [2.05, 4.69) is 15.1 Å². The Morgan fingerprint density at radius 3 is 2.62 bits per heavy atom. The van der Waals surface area contributed by atoms with E-state index < -0.39 is 0 Å². The average molecular weight is 427 g/mol. The summed E-state index contributed by atoms with van der Waals surface area (Å²) in [6, 6.07) is 16.7. The topological polar surface area (TPSA) is 120 Å². The Morgan fingerprint density at radius 1 is 1.03 bits per heavy atom. The molecule has 2 aromatic carbocycles. The fourth-order valence-electron chi connectivity index (χ4n) is 3.97. The van der Waals surface area contributed by atoms with E-state index in [0.717, 1.165) is 5.56 Å². The van der Waals surface area contributed by atoms with Crippen LogP contribution in [0.4, 0.5) is 5.82 Å². The minimum atomic E-state index is -0.0980. The summed E-state index contributed by atoms with van der Waals surface area (Å²) in [5.74, 6) is 0.813. The van der Waals surface area contributed by atoms with Gasteiger partial charge in [-0.05, 0) is 30.5 Å². The standard InChI is InChI=1S/C24H21N5O3/c25-23-21-17(10-6-12-30)28-29(24(21)27-14-26-23)13-19-20(15-7-2-1-3-8-15)22(31)16-9-4-5-11-18(16)32-19/h1-5,7-9,11,14,30H,6,10,12-13H2,(H2,25,26,27).